The van der Waals surface area contributed by atoms with Gasteiger partial charge in [0.15, 0.2) is 11.5 Å². The minimum Gasteiger partial charge on any atom is -0.308 e. The lowest BCUT2D eigenvalue weighted by Crippen LogP contribution is -2.14. The third-order valence-electron chi connectivity index (χ3n) is 4.23. The van der Waals surface area contributed by atoms with Crippen molar-refractivity contribution >= 4 is 40.2 Å². The maximum Gasteiger partial charge on any atom is 0.269 e. The highest BCUT2D eigenvalue weighted by atomic mass is 32.2. The Morgan fingerprint density at radius 2 is 1.81 bits per heavy atom. The van der Waals surface area contributed by atoms with Gasteiger partial charge in [0.25, 0.3) is 5.69 Å². The van der Waals surface area contributed by atoms with Gasteiger partial charge in [-0.1, -0.05) is 23.9 Å². The molecule has 0 spiro atoms. The molecule has 0 saturated carbocycles. The van der Waals surface area contributed by atoms with Crippen LogP contribution in [0.4, 0.5) is 20.3 Å². The normalized spacial score (nSPS) is 10.9. The average Bonchev–Trinajstić information content (AvgIpc) is 3.09. The first kappa shape index (κ1) is 20.4. The van der Waals surface area contributed by atoms with Gasteiger partial charge in [0.2, 0.25) is 5.91 Å². The monoisotopic (exact) mass is 441 g/mol. The fourth-order valence-corrected chi connectivity index (χ4v) is 3.75. The lowest BCUT2D eigenvalue weighted by atomic mass is 10.1. The molecular formula is C20H13F2N5O3S. The second-order valence-electron chi connectivity index (χ2n) is 6.50. The average molecular weight is 441 g/mol. The molecule has 0 bridgehead atoms. The molecule has 2 aromatic heterocycles. The summed E-state index contributed by atoms with van der Waals surface area (Å²) in [6.45, 7) is 0. The van der Waals surface area contributed by atoms with E-state index in [4.69, 9.17) is 0 Å². The van der Waals surface area contributed by atoms with Crippen LogP contribution < -0.4 is 5.32 Å². The van der Waals surface area contributed by atoms with Crippen molar-refractivity contribution < 1.29 is 18.5 Å². The largest absolute Gasteiger partial charge is 0.308 e. The zero-order chi connectivity index (χ0) is 22.0. The molecule has 0 atom stereocenters. The van der Waals surface area contributed by atoms with E-state index in [9.17, 15) is 23.7 Å². The second kappa shape index (κ2) is 8.48. The van der Waals surface area contributed by atoms with Gasteiger partial charge in [0, 0.05) is 34.2 Å². The summed E-state index contributed by atoms with van der Waals surface area (Å²) >= 11 is 1.12. The summed E-state index contributed by atoms with van der Waals surface area (Å²) in [6.07, 6.45) is 1.52. The van der Waals surface area contributed by atoms with Crippen LogP contribution in [-0.4, -0.2) is 26.0 Å². The molecule has 4 rings (SSSR count). The van der Waals surface area contributed by atoms with Gasteiger partial charge in [-0.25, -0.2) is 13.8 Å². The Hall–Kier alpha value is -3.86. The first-order chi connectivity index (χ1) is 14.9. The van der Waals surface area contributed by atoms with Crippen LogP contribution in [0.5, 0.6) is 0 Å². The lowest BCUT2D eigenvalue weighted by molar-refractivity contribution is -0.384. The van der Waals surface area contributed by atoms with Crippen LogP contribution in [0.2, 0.25) is 0 Å². The van der Waals surface area contributed by atoms with Gasteiger partial charge in [0.05, 0.1) is 16.7 Å². The summed E-state index contributed by atoms with van der Waals surface area (Å²) in [5.41, 5.74) is 0.975. The van der Waals surface area contributed by atoms with Crippen molar-refractivity contribution in [2.75, 3.05) is 5.32 Å². The topological polar surface area (TPSA) is 114 Å². The first-order valence-corrected chi connectivity index (χ1v) is 9.70. The predicted octanol–water partition coefficient (Wildman–Crippen LogP) is 4.48. The number of benzene rings is 2. The Labute approximate surface area is 177 Å². The Kier molecular flexibility index (Phi) is 5.58. The number of carbonyl (C=O) groups excluding carboxylic acids is 1. The highest BCUT2D eigenvalue weighted by Crippen LogP contribution is 2.31. The van der Waals surface area contributed by atoms with Crippen molar-refractivity contribution in [1.29, 1.82) is 0 Å². The van der Waals surface area contributed by atoms with E-state index in [2.05, 4.69) is 20.5 Å². The van der Waals surface area contributed by atoms with Gasteiger partial charge >= 0.3 is 0 Å². The molecule has 2 aromatic carbocycles. The van der Waals surface area contributed by atoms with E-state index in [0.717, 1.165) is 17.8 Å². The smallest absolute Gasteiger partial charge is 0.269 e. The van der Waals surface area contributed by atoms with Gasteiger partial charge < -0.3 is 5.32 Å². The van der Waals surface area contributed by atoms with Crippen LogP contribution in [-0.2, 0) is 11.2 Å². The van der Waals surface area contributed by atoms with Gasteiger partial charge in [-0.3, -0.25) is 20.0 Å². The number of non-ortho nitro benzene ring substituents is 1. The number of aromatic nitrogens is 3. The van der Waals surface area contributed by atoms with Crippen molar-refractivity contribution in [3.63, 3.8) is 0 Å². The molecule has 0 aliphatic heterocycles. The molecule has 4 aromatic rings. The number of amides is 1. The number of hydrogen-bond donors (Lipinski definition) is 2. The van der Waals surface area contributed by atoms with Crippen LogP contribution in [0.1, 0.15) is 5.56 Å². The molecule has 8 nitrogen and oxygen atoms in total. The molecule has 0 fully saturated rings. The van der Waals surface area contributed by atoms with E-state index in [0.29, 0.717) is 26.4 Å². The number of aromatic amines is 1. The van der Waals surface area contributed by atoms with Crippen LogP contribution in [0.25, 0.3) is 11.0 Å². The number of hydrogen-bond acceptors (Lipinski definition) is 6. The molecular weight excluding hydrogens is 428 g/mol. The van der Waals surface area contributed by atoms with Crippen LogP contribution in [0.15, 0.2) is 64.5 Å². The number of nitrogens with zero attached hydrogens (tertiary/aromatic N) is 3. The minimum atomic E-state index is -0.681. The third-order valence-corrected chi connectivity index (χ3v) is 5.16. The number of nitrogens with one attached hydrogen (secondary N) is 2. The van der Waals surface area contributed by atoms with Crippen LogP contribution >= 0.6 is 11.8 Å². The van der Waals surface area contributed by atoms with Crippen molar-refractivity contribution in [3.05, 3.63) is 82.0 Å². The van der Waals surface area contributed by atoms with Crippen LogP contribution in [0.3, 0.4) is 0 Å². The summed E-state index contributed by atoms with van der Waals surface area (Å²) in [4.78, 5) is 27.8. The number of pyridine rings is 1. The number of H-pyrrole nitrogens is 1. The summed E-state index contributed by atoms with van der Waals surface area (Å²) in [5, 5.41) is 20.7. The summed E-state index contributed by atoms with van der Waals surface area (Å²) < 4.78 is 26.8. The third kappa shape index (κ3) is 4.83. The quantitative estimate of drug-likeness (QED) is 0.337. The molecule has 156 valence electrons. The number of nitro groups is 1. The van der Waals surface area contributed by atoms with Gasteiger partial charge in [-0.15, -0.1) is 0 Å². The van der Waals surface area contributed by atoms with Crippen molar-refractivity contribution in [1.82, 2.24) is 15.2 Å². The molecule has 31 heavy (non-hydrogen) atoms. The van der Waals surface area contributed by atoms with E-state index in [1.807, 2.05) is 0 Å². The zero-order valence-electron chi connectivity index (χ0n) is 15.6. The van der Waals surface area contributed by atoms with Gasteiger partial charge in [-0.05, 0) is 23.8 Å². The van der Waals surface area contributed by atoms with Crippen molar-refractivity contribution in [2.24, 2.45) is 0 Å². The van der Waals surface area contributed by atoms with Crippen LogP contribution in [0, 0.1) is 21.7 Å². The second-order valence-corrected chi connectivity index (χ2v) is 7.64. The number of halogens is 2. The Morgan fingerprint density at radius 1 is 1.10 bits per heavy atom. The SMILES string of the molecule is O=C(Cc1ccc([N+](=O)[O-])cc1)Nc1n[nH]c2ncc(Sc3cc(F)cc(F)c3)cc12. The molecule has 2 heterocycles. The first-order valence-electron chi connectivity index (χ1n) is 8.88. The van der Waals surface area contributed by atoms with E-state index in [1.54, 1.807) is 6.07 Å². The Balaban J connectivity index is 1.50. The molecule has 0 saturated heterocycles. The summed E-state index contributed by atoms with van der Waals surface area (Å²) in [6, 6.07) is 10.6. The van der Waals surface area contributed by atoms with Crippen molar-refractivity contribution in [2.45, 2.75) is 16.2 Å². The standard InChI is InChI=1S/C20H13F2N5O3S/c21-12-6-13(22)8-15(7-12)31-16-9-17-19(23-10-16)25-26-20(17)24-18(28)5-11-1-3-14(4-2-11)27(29)30/h1-4,6-10H,5H2,(H2,23,24,25,26,28). The zero-order valence-corrected chi connectivity index (χ0v) is 16.5. The van der Waals surface area contributed by atoms with E-state index in [1.165, 1.54) is 42.6 Å². The summed E-state index contributed by atoms with van der Waals surface area (Å²) in [5.74, 6) is -1.48. The van der Waals surface area contributed by atoms with E-state index in [-0.39, 0.29) is 23.8 Å². The molecule has 0 aliphatic carbocycles. The van der Waals surface area contributed by atoms with Crippen molar-refractivity contribution in [3.8, 4) is 0 Å². The number of nitro benzene ring substituents is 1. The van der Waals surface area contributed by atoms with E-state index < -0.39 is 16.6 Å². The molecule has 1 amide bonds. The molecule has 0 radical (unpaired) electrons. The van der Waals surface area contributed by atoms with Gasteiger partial charge in [0.1, 0.15) is 11.6 Å². The maximum absolute atomic E-state index is 13.4. The molecule has 2 N–H and O–H groups in total. The Bertz CT molecular complexity index is 1270. The predicted molar refractivity (Wildman–Crippen MR) is 110 cm³/mol. The number of carbonyl (C=O) groups is 1. The molecule has 0 unspecified atom stereocenters. The summed E-state index contributed by atoms with van der Waals surface area (Å²) in [7, 11) is 0. The Morgan fingerprint density at radius 3 is 2.48 bits per heavy atom. The highest BCUT2D eigenvalue weighted by molar-refractivity contribution is 7.99. The number of fused-ring (bicyclic) bond motifs is 1. The van der Waals surface area contributed by atoms with Gasteiger partial charge in [-0.2, -0.15) is 5.10 Å². The minimum absolute atomic E-state index is 0.00319. The molecule has 0 aliphatic rings. The fraction of sp³-hybridized carbons (Fsp3) is 0.0500. The fourth-order valence-electron chi connectivity index (χ4n) is 2.86. The number of rotatable bonds is 6. The van der Waals surface area contributed by atoms with E-state index >= 15 is 0 Å². The number of anilines is 1. The molecule has 11 heteroatoms. The lowest BCUT2D eigenvalue weighted by Gasteiger charge is -2.05. The highest BCUT2D eigenvalue weighted by Gasteiger charge is 2.13. The maximum atomic E-state index is 13.4.